The number of hydrogen-bond donors (Lipinski definition) is 2. The second-order valence-electron chi connectivity index (χ2n) is 5.57. The van der Waals surface area contributed by atoms with Gasteiger partial charge in [0.05, 0.1) is 17.8 Å². The van der Waals surface area contributed by atoms with Crippen molar-refractivity contribution in [3.05, 3.63) is 36.6 Å². The van der Waals surface area contributed by atoms with E-state index in [1.165, 1.54) is 42.7 Å². The van der Waals surface area contributed by atoms with Crippen LogP contribution < -0.4 is 5.73 Å². The number of carboxylic acids is 1. The van der Waals surface area contributed by atoms with E-state index in [9.17, 15) is 18.0 Å². The summed E-state index contributed by atoms with van der Waals surface area (Å²) in [5.41, 5.74) is 5.84. The van der Waals surface area contributed by atoms with Crippen LogP contribution in [0.3, 0.4) is 0 Å². The van der Waals surface area contributed by atoms with Gasteiger partial charge in [0.15, 0.2) is 12.2 Å². The summed E-state index contributed by atoms with van der Waals surface area (Å²) >= 11 is 1.24. The molecular formula is C16H18F3N3O3S. The summed E-state index contributed by atoms with van der Waals surface area (Å²) in [5, 5.41) is 8.67. The standard InChI is InChI=1S/C16H18F3N3O3S/c17-16(18,19)11(3-5-26-6-4-12(20)15(23)24)13-2-1-10(7-22-13)14-8-21-9-25-14/h1-2,7-9,11-12H,3-6,20H2,(H,23,24). The largest absolute Gasteiger partial charge is 0.480 e. The molecule has 142 valence electrons. The molecule has 0 fully saturated rings. The number of aliphatic carboxylic acids is 1. The van der Waals surface area contributed by atoms with Crippen LogP contribution in [0.5, 0.6) is 0 Å². The van der Waals surface area contributed by atoms with Crippen molar-refractivity contribution >= 4 is 17.7 Å². The Balaban J connectivity index is 1.94. The van der Waals surface area contributed by atoms with Crippen molar-refractivity contribution in [2.75, 3.05) is 11.5 Å². The zero-order valence-corrected chi connectivity index (χ0v) is 14.5. The Hall–Kier alpha value is -2.07. The Labute approximate surface area is 152 Å². The molecule has 2 atom stereocenters. The van der Waals surface area contributed by atoms with E-state index < -0.39 is 24.1 Å². The summed E-state index contributed by atoms with van der Waals surface area (Å²) in [6.07, 6.45) is -0.343. The van der Waals surface area contributed by atoms with Crippen LogP contribution in [0.2, 0.25) is 0 Å². The Morgan fingerprint density at radius 1 is 1.27 bits per heavy atom. The zero-order chi connectivity index (χ0) is 19.2. The number of halogens is 3. The third kappa shape index (κ3) is 5.73. The van der Waals surface area contributed by atoms with Gasteiger partial charge < -0.3 is 15.3 Å². The average Bonchev–Trinajstić information content (AvgIpc) is 3.11. The molecule has 0 aliphatic heterocycles. The van der Waals surface area contributed by atoms with Crippen molar-refractivity contribution in [2.45, 2.75) is 31.0 Å². The zero-order valence-electron chi connectivity index (χ0n) is 13.6. The summed E-state index contributed by atoms with van der Waals surface area (Å²) in [6, 6.07) is 1.85. The van der Waals surface area contributed by atoms with E-state index in [1.54, 1.807) is 0 Å². The summed E-state index contributed by atoms with van der Waals surface area (Å²) in [4.78, 5) is 18.3. The highest BCUT2D eigenvalue weighted by molar-refractivity contribution is 7.99. The van der Waals surface area contributed by atoms with E-state index in [0.29, 0.717) is 17.1 Å². The van der Waals surface area contributed by atoms with Crippen LogP contribution in [0.4, 0.5) is 13.2 Å². The smallest absolute Gasteiger partial charge is 0.397 e. The Morgan fingerprint density at radius 2 is 2.00 bits per heavy atom. The van der Waals surface area contributed by atoms with E-state index in [0.717, 1.165) is 0 Å². The number of alkyl halides is 3. The Morgan fingerprint density at radius 3 is 2.54 bits per heavy atom. The second-order valence-corrected chi connectivity index (χ2v) is 6.79. The first-order chi connectivity index (χ1) is 12.3. The molecule has 2 heterocycles. The van der Waals surface area contributed by atoms with Gasteiger partial charge in [-0.25, -0.2) is 4.98 Å². The monoisotopic (exact) mass is 389 g/mol. The number of hydrogen-bond acceptors (Lipinski definition) is 6. The summed E-state index contributed by atoms with van der Waals surface area (Å²) < 4.78 is 45.1. The number of aromatic nitrogens is 2. The topological polar surface area (TPSA) is 102 Å². The molecule has 0 spiro atoms. The number of nitrogens with zero attached hydrogens (tertiary/aromatic N) is 2. The maximum absolute atomic E-state index is 13.3. The van der Waals surface area contributed by atoms with Crippen molar-refractivity contribution in [3.8, 4) is 11.3 Å². The van der Waals surface area contributed by atoms with Crippen LogP contribution >= 0.6 is 11.8 Å². The molecule has 0 aromatic carbocycles. The van der Waals surface area contributed by atoms with Crippen LogP contribution in [-0.2, 0) is 4.79 Å². The van der Waals surface area contributed by atoms with Crippen LogP contribution in [0, 0.1) is 0 Å². The molecule has 0 saturated carbocycles. The molecule has 2 unspecified atom stereocenters. The van der Waals surface area contributed by atoms with Crippen LogP contribution in [0.1, 0.15) is 24.5 Å². The molecule has 2 aromatic heterocycles. The first kappa shape index (κ1) is 20.2. The lowest BCUT2D eigenvalue weighted by atomic mass is 10.0. The molecule has 26 heavy (non-hydrogen) atoms. The fraction of sp³-hybridized carbons (Fsp3) is 0.438. The Kier molecular flexibility index (Phi) is 7.04. The van der Waals surface area contributed by atoms with E-state index in [2.05, 4.69) is 9.97 Å². The minimum Gasteiger partial charge on any atom is -0.480 e. The number of nitrogens with two attached hydrogens (primary N) is 1. The van der Waals surface area contributed by atoms with E-state index >= 15 is 0 Å². The van der Waals surface area contributed by atoms with Gasteiger partial charge >= 0.3 is 12.1 Å². The fourth-order valence-electron chi connectivity index (χ4n) is 2.23. The summed E-state index contributed by atoms with van der Waals surface area (Å²) in [5.74, 6) is -1.77. The van der Waals surface area contributed by atoms with Gasteiger partial charge in [0.25, 0.3) is 0 Å². The molecule has 0 aliphatic carbocycles. The number of thioether (sulfide) groups is 1. The Bertz CT molecular complexity index is 693. The number of carbonyl (C=O) groups is 1. The molecule has 10 heteroatoms. The second kappa shape index (κ2) is 9.04. The van der Waals surface area contributed by atoms with Crippen molar-refractivity contribution in [2.24, 2.45) is 5.73 Å². The summed E-state index contributed by atoms with van der Waals surface area (Å²) in [6.45, 7) is 0. The molecule has 0 radical (unpaired) electrons. The highest BCUT2D eigenvalue weighted by Crippen LogP contribution is 2.37. The van der Waals surface area contributed by atoms with Gasteiger partial charge in [-0.2, -0.15) is 24.9 Å². The molecule has 6 nitrogen and oxygen atoms in total. The predicted molar refractivity (Wildman–Crippen MR) is 90.7 cm³/mol. The molecule has 2 aromatic rings. The highest BCUT2D eigenvalue weighted by Gasteiger charge is 2.41. The lowest BCUT2D eigenvalue weighted by Gasteiger charge is -2.20. The first-order valence-corrected chi connectivity index (χ1v) is 8.92. The SMILES string of the molecule is NC(CCSCCC(c1ccc(-c2cnco2)cn1)C(F)(F)F)C(=O)O. The maximum atomic E-state index is 13.3. The minimum atomic E-state index is -4.42. The van der Waals surface area contributed by atoms with Gasteiger partial charge in [0.2, 0.25) is 0 Å². The average molecular weight is 389 g/mol. The van der Waals surface area contributed by atoms with Crippen molar-refractivity contribution < 1.29 is 27.5 Å². The van der Waals surface area contributed by atoms with Crippen molar-refractivity contribution in [3.63, 3.8) is 0 Å². The lowest BCUT2D eigenvalue weighted by molar-refractivity contribution is -0.151. The van der Waals surface area contributed by atoms with Gasteiger partial charge in [-0.15, -0.1) is 0 Å². The lowest BCUT2D eigenvalue weighted by Crippen LogP contribution is -2.30. The van der Waals surface area contributed by atoms with Gasteiger partial charge in [-0.1, -0.05) is 0 Å². The maximum Gasteiger partial charge on any atom is 0.397 e. The number of pyridine rings is 1. The number of oxazole rings is 1. The van der Waals surface area contributed by atoms with E-state index in [4.69, 9.17) is 15.3 Å². The normalized spacial score (nSPS) is 14.2. The third-order valence-corrected chi connectivity index (χ3v) is 4.75. The van der Waals surface area contributed by atoms with E-state index in [-0.39, 0.29) is 24.3 Å². The minimum absolute atomic E-state index is 0.0661. The molecular weight excluding hydrogens is 371 g/mol. The molecule has 0 saturated heterocycles. The predicted octanol–water partition coefficient (Wildman–Crippen LogP) is 3.31. The number of rotatable bonds is 9. The molecule has 0 bridgehead atoms. The van der Waals surface area contributed by atoms with Gasteiger partial charge in [0, 0.05) is 11.8 Å². The molecule has 0 amide bonds. The highest BCUT2D eigenvalue weighted by atomic mass is 32.2. The van der Waals surface area contributed by atoms with Crippen molar-refractivity contribution in [1.29, 1.82) is 0 Å². The molecule has 3 N–H and O–H groups in total. The van der Waals surface area contributed by atoms with Gasteiger partial charge in [0.1, 0.15) is 6.04 Å². The molecule has 2 rings (SSSR count). The third-order valence-electron chi connectivity index (χ3n) is 3.70. The first-order valence-electron chi connectivity index (χ1n) is 7.76. The quantitative estimate of drug-likeness (QED) is 0.634. The van der Waals surface area contributed by atoms with Crippen LogP contribution in [0.15, 0.2) is 35.3 Å². The fourth-order valence-corrected chi connectivity index (χ4v) is 3.26. The molecule has 0 aliphatic rings. The van der Waals surface area contributed by atoms with Gasteiger partial charge in [-0.05, 0) is 36.5 Å². The summed E-state index contributed by atoms with van der Waals surface area (Å²) in [7, 11) is 0. The van der Waals surface area contributed by atoms with Crippen molar-refractivity contribution in [1.82, 2.24) is 9.97 Å². The number of carboxylic acid groups (broad SMARTS) is 1. The van der Waals surface area contributed by atoms with Gasteiger partial charge in [-0.3, -0.25) is 9.78 Å². The van der Waals surface area contributed by atoms with E-state index in [1.807, 2.05) is 0 Å². The van der Waals surface area contributed by atoms with Crippen LogP contribution in [-0.4, -0.2) is 44.8 Å². The van der Waals surface area contributed by atoms with Crippen LogP contribution in [0.25, 0.3) is 11.3 Å².